The maximum atomic E-state index is 13.4. The maximum absolute atomic E-state index is 13.4. The molecule has 1 fully saturated rings. The number of nitrogens with one attached hydrogen (secondary N) is 1. The van der Waals surface area contributed by atoms with E-state index in [4.69, 9.17) is 9.47 Å². The van der Waals surface area contributed by atoms with Crippen LogP contribution in [0.25, 0.3) is 10.9 Å². The van der Waals surface area contributed by atoms with Crippen molar-refractivity contribution >= 4 is 22.8 Å². The summed E-state index contributed by atoms with van der Waals surface area (Å²) < 4.78 is 11.1. The van der Waals surface area contributed by atoms with Crippen LogP contribution in [0.2, 0.25) is 0 Å². The molecule has 2 atom stereocenters. The van der Waals surface area contributed by atoms with Gasteiger partial charge in [0.2, 0.25) is 5.91 Å². The number of ether oxygens (including phenoxy) is 2. The van der Waals surface area contributed by atoms with Gasteiger partial charge in [-0.3, -0.25) is 14.5 Å². The van der Waals surface area contributed by atoms with Crippen LogP contribution in [0.1, 0.15) is 37.1 Å². The Balaban J connectivity index is 1.67. The molecule has 1 saturated heterocycles. The van der Waals surface area contributed by atoms with Crippen molar-refractivity contribution in [1.82, 2.24) is 14.8 Å². The van der Waals surface area contributed by atoms with Gasteiger partial charge >= 0.3 is 5.97 Å². The number of aromatic amines is 1. The van der Waals surface area contributed by atoms with Gasteiger partial charge in [0.1, 0.15) is 11.3 Å². The van der Waals surface area contributed by atoms with Crippen molar-refractivity contribution < 1.29 is 19.1 Å². The number of nitrogens with zero attached hydrogens (tertiary/aromatic N) is 2. The molecule has 0 bridgehead atoms. The summed E-state index contributed by atoms with van der Waals surface area (Å²) in [5.41, 5.74) is 3.49. The Bertz CT molecular complexity index is 1240. The van der Waals surface area contributed by atoms with Gasteiger partial charge in [-0.1, -0.05) is 30.3 Å². The maximum Gasteiger partial charge on any atom is 0.311 e. The fraction of sp³-hybridized carbons (Fsp3) is 0.429. The molecule has 3 heterocycles. The lowest BCUT2D eigenvalue weighted by atomic mass is 9.70. The van der Waals surface area contributed by atoms with Crippen molar-refractivity contribution in [2.24, 2.45) is 5.92 Å². The van der Waals surface area contributed by atoms with E-state index in [1.54, 1.807) is 14.0 Å². The summed E-state index contributed by atoms with van der Waals surface area (Å²) in [7, 11) is 1.67. The number of fused-ring (bicyclic) bond motifs is 4. The zero-order chi connectivity index (χ0) is 24.6. The first kappa shape index (κ1) is 23.4. The van der Waals surface area contributed by atoms with Gasteiger partial charge < -0.3 is 19.4 Å². The summed E-state index contributed by atoms with van der Waals surface area (Å²) in [5.74, 6) is 0.0796. The quantitative estimate of drug-likeness (QED) is 0.567. The molecule has 0 aliphatic carbocycles. The summed E-state index contributed by atoms with van der Waals surface area (Å²) in [4.78, 5) is 34.4. The van der Waals surface area contributed by atoms with E-state index in [1.807, 2.05) is 48.2 Å². The zero-order valence-electron chi connectivity index (χ0n) is 20.7. The molecule has 5 rings (SSSR count). The second-order valence-corrected chi connectivity index (χ2v) is 9.52. The van der Waals surface area contributed by atoms with Crippen molar-refractivity contribution in [2.45, 2.75) is 38.8 Å². The number of amides is 1. The Labute approximate surface area is 206 Å². The number of likely N-dealkylation sites (tertiary alicyclic amines) is 1. The summed E-state index contributed by atoms with van der Waals surface area (Å²) in [6.07, 6.45) is 1.34. The fourth-order valence-corrected chi connectivity index (χ4v) is 6.12. The van der Waals surface area contributed by atoms with Gasteiger partial charge in [-0.05, 0) is 55.6 Å². The third-order valence-corrected chi connectivity index (χ3v) is 7.59. The number of methoxy groups -OCH3 is 1. The van der Waals surface area contributed by atoms with Gasteiger partial charge in [0.25, 0.3) is 0 Å². The number of carbonyl (C=O) groups excluding carboxylic acids is 2. The molecule has 1 amide bonds. The smallest absolute Gasteiger partial charge is 0.311 e. The number of hydrogen-bond acceptors (Lipinski definition) is 5. The number of esters is 1. The number of carbonyl (C=O) groups is 2. The molecule has 2 aliphatic rings. The third-order valence-electron chi connectivity index (χ3n) is 7.59. The molecule has 0 saturated carbocycles. The van der Waals surface area contributed by atoms with Crippen molar-refractivity contribution in [3.05, 3.63) is 65.4 Å². The highest BCUT2D eigenvalue weighted by Crippen LogP contribution is 2.48. The van der Waals surface area contributed by atoms with Crippen molar-refractivity contribution in [3.63, 3.8) is 0 Å². The average molecular weight is 476 g/mol. The highest BCUT2D eigenvalue weighted by molar-refractivity contribution is 5.89. The number of aromatic nitrogens is 1. The largest absolute Gasteiger partial charge is 0.497 e. The van der Waals surface area contributed by atoms with E-state index >= 15 is 0 Å². The molecule has 7 nitrogen and oxygen atoms in total. The molecule has 1 spiro atoms. The van der Waals surface area contributed by atoms with E-state index in [1.165, 1.54) is 5.56 Å². The lowest BCUT2D eigenvalue weighted by Gasteiger charge is -2.54. The van der Waals surface area contributed by atoms with Crippen LogP contribution in [0.5, 0.6) is 5.75 Å². The second kappa shape index (κ2) is 9.38. The Morgan fingerprint density at radius 3 is 2.66 bits per heavy atom. The fourth-order valence-electron chi connectivity index (χ4n) is 6.12. The van der Waals surface area contributed by atoms with Gasteiger partial charge in [0, 0.05) is 43.2 Å². The molecule has 2 unspecified atom stereocenters. The molecule has 1 N–H and O–H groups in total. The minimum absolute atomic E-state index is 0.0252. The SMILES string of the molecule is CCOC(=O)C1CCN(Cc2ccccc2)CC12c1[nH]c3ccc(OC)cc3c1CCN2C(C)=O. The first-order chi connectivity index (χ1) is 17.0. The van der Waals surface area contributed by atoms with Gasteiger partial charge in [-0.15, -0.1) is 0 Å². The average Bonchev–Trinajstić information content (AvgIpc) is 3.24. The minimum atomic E-state index is -0.828. The van der Waals surface area contributed by atoms with Gasteiger partial charge in [-0.25, -0.2) is 0 Å². The van der Waals surface area contributed by atoms with Crippen molar-refractivity contribution in [3.8, 4) is 5.75 Å². The van der Waals surface area contributed by atoms with E-state index < -0.39 is 11.5 Å². The van der Waals surface area contributed by atoms with Gasteiger partial charge in [-0.2, -0.15) is 0 Å². The Kier molecular flexibility index (Phi) is 6.28. The normalized spacial score (nSPS) is 22.3. The highest BCUT2D eigenvalue weighted by atomic mass is 16.5. The van der Waals surface area contributed by atoms with Crippen LogP contribution < -0.4 is 4.74 Å². The van der Waals surface area contributed by atoms with E-state index in [0.29, 0.717) is 26.1 Å². The molecule has 1 aromatic heterocycles. The number of rotatable bonds is 5. The Morgan fingerprint density at radius 1 is 1.14 bits per heavy atom. The predicted molar refractivity (Wildman–Crippen MR) is 134 cm³/mol. The van der Waals surface area contributed by atoms with Crippen LogP contribution in [0.3, 0.4) is 0 Å². The second-order valence-electron chi connectivity index (χ2n) is 9.52. The molecular formula is C28H33N3O4. The highest BCUT2D eigenvalue weighted by Gasteiger charge is 2.57. The molecular weight excluding hydrogens is 442 g/mol. The molecule has 7 heteroatoms. The number of hydrogen-bond donors (Lipinski definition) is 1. The van der Waals surface area contributed by atoms with Gasteiger partial charge in [0.05, 0.1) is 19.6 Å². The van der Waals surface area contributed by atoms with Gasteiger partial charge in [0.15, 0.2) is 0 Å². The first-order valence-electron chi connectivity index (χ1n) is 12.4. The summed E-state index contributed by atoms with van der Waals surface area (Å²) in [6.45, 7) is 6.39. The van der Waals surface area contributed by atoms with Crippen LogP contribution >= 0.6 is 0 Å². The predicted octanol–water partition coefficient (Wildman–Crippen LogP) is 3.86. The Hall–Kier alpha value is -3.32. The lowest BCUT2D eigenvalue weighted by Crippen LogP contribution is -2.66. The standard InChI is InChI=1S/C28H33N3O4/c1-4-35-27(33)24-13-14-30(17-20-8-6-5-7-9-20)18-28(24)26-22(12-15-31(28)19(2)32)23-16-21(34-3)10-11-25(23)29-26/h5-11,16,24,29H,4,12-15,17-18H2,1-3H3. The molecule has 184 valence electrons. The van der Waals surface area contributed by atoms with Crippen LogP contribution in [-0.4, -0.2) is 60.0 Å². The van der Waals surface area contributed by atoms with E-state index in [9.17, 15) is 9.59 Å². The van der Waals surface area contributed by atoms with Crippen LogP contribution in [0.15, 0.2) is 48.5 Å². The monoisotopic (exact) mass is 475 g/mol. The molecule has 0 radical (unpaired) electrons. The first-order valence-corrected chi connectivity index (χ1v) is 12.4. The summed E-state index contributed by atoms with van der Waals surface area (Å²) in [5, 5.41) is 1.09. The van der Waals surface area contributed by atoms with E-state index in [2.05, 4.69) is 22.0 Å². The van der Waals surface area contributed by atoms with E-state index in [-0.39, 0.29) is 11.9 Å². The molecule has 35 heavy (non-hydrogen) atoms. The third kappa shape index (κ3) is 3.97. The van der Waals surface area contributed by atoms with Crippen molar-refractivity contribution in [1.29, 1.82) is 0 Å². The number of piperidine rings is 1. The zero-order valence-corrected chi connectivity index (χ0v) is 20.7. The molecule has 2 aliphatic heterocycles. The Morgan fingerprint density at radius 2 is 1.94 bits per heavy atom. The molecule has 3 aromatic rings. The lowest BCUT2D eigenvalue weighted by molar-refractivity contribution is -0.165. The molecule has 2 aromatic carbocycles. The van der Waals surface area contributed by atoms with Crippen LogP contribution in [-0.2, 0) is 32.8 Å². The number of benzene rings is 2. The number of H-pyrrole nitrogens is 1. The summed E-state index contributed by atoms with van der Waals surface area (Å²) >= 11 is 0. The minimum Gasteiger partial charge on any atom is -0.497 e. The van der Waals surface area contributed by atoms with E-state index in [0.717, 1.165) is 47.4 Å². The van der Waals surface area contributed by atoms with Crippen LogP contribution in [0.4, 0.5) is 0 Å². The van der Waals surface area contributed by atoms with Crippen molar-refractivity contribution in [2.75, 3.05) is 33.4 Å². The van der Waals surface area contributed by atoms with Crippen LogP contribution in [0, 0.1) is 5.92 Å². The topological polar surface area (TPSA) is 74.9 Å². The summed E-state index contributed by atoms with van der Waals surface area (Å²) in [6, 6.07) is 16.3.